The Labute approximate surface area is 150 Å². The molecule has 1 aliphatic rings. The zero-order valence-corrected chi connectivity index (χ0v) is 14.7. The second kappa shape index (κ2) is 6.29. The molecule has 1 N–H and O–H groups in total. The number of carbonyl (C=O) groups is 1. The van der Waals surface area contributed by atoms with Crippen LogP contribution in [-0.2, 0) is 11.3 Å². The molecule has 1 unspecified atom stereocenters. The largest absolute Gasteiger partial charge is 0.465 e. The van der Waals surface area contributed by atoms with E-state index in [9.17, 15) is 9.59 Å². The van der Waals surface area contributed by atoms with Crippen LogP contribution in [0.1, 0.15) is 34.1 Å². The first-order valence-corrected chi connectivity index (χ1v) is 8.53. The molecule has 0 amide bonds. The first kappa shape index (κ1) is 16.3. The van der Waals surface area contributed by atoms with Crippen LogP contribution in [0.25, 0.3) is 10.9 Å². The van der Waals surface area contributed by atoms with Crippen molar-refractivity contribution >= 4 is 22.6 Å². The van der Waals surface area contributed by atoms with Crippen molar-refractivity contribution in [3.8, 4) is 0 Å². The third kappa shape index (κ3) is 2.45. The van der Waals surface area contributed by atoms with Crippen LogP contribution in [0.4, 0.5) is 5.69 Å². The topological polar surface area (TPSA) is 73.2 Å². The Bertz CT molecular complexity index is 1070. The van der Waals surface area contributed by atoms with E-state index in [1.165, 1.54) is 7.11 Å². The fraction of sp³-hybridized carbons (Fsp3) is 0.250. The summed E-state index contributed by atoms with van der Waals surface area (Å²) in [6.07, 6.45) is 0.776. The van der Waals surface area contributed by atoms with Crippen LogP contribution in [0.3, 0.4) is 0 Å². The third-order valence-corrected chi connectivity index (χ3v) is 4.96. The number of methoxy groups -OCH3 is 1. The second-order valence-electron chi connectivity index (χ2n) is 6.33. The maximum atomic E-state index is 12.8. The molecule has 6 heteroatoms. The standard InChI is InChI=1S/C20H19N3O3/c1-21-16-8-7-12(11-15(16)20(25)26-2)13-9-10-23-18(13)22-17-6-4-3-5-14(17)19(23)24/h3-8,11,13,21H,9-10H2,1-2H3. The quantitative estimate of drug-likeness (QED) is 0.736. The molecule has 6 nitrogen and oxygen atoms in total. The van der Waals surface area contributed by atoms with Crippen molar-refractivity contribution in [3.63, 3.8) is 0 Å². The molecule has 0 bridgehead atoms. The van der Waals surface area contributed by atoms with E-state index in [0.717, 1.165) is 17.8 Å². The van der Waals surface area contributed by atoms with Crippen LogP contribution in [0.2, 0.25) is 0 Å². The summed E-state index contributed by atoms with van der Waals surface area (Å²) in [5.74, 6) is 0.335. The minimum absolute atomic E-state index is 0.00636. The number of carbonyl (C=O) groups excluding carboxylic acids is 1. The summed E-state index contributed by atoms with van der Waals surface area (Å²) in [6.45, 7) is 0.623. The SMILES string of the molecule is CNc1ccc(C2CCn3c2nc2ccccc2c3=O)cc1C(=O)OC. The molecule has 0 saturated carbocycles. The van der Waals surface area contributed by atoms with E-state index < -0.39 is 5.97 Å². The zero-order valence-electron chi connectivity index (χ0n) is 14.7. The molecule has 132 valence electrons. The Hall–Kier alpha value is -3.15. The molecule has 0 spiro atoms. The van der Waals surface area contributed by atoms with Gasteiger partial charge in [-0.1, -0.05) is 18.2 Å². The van der Waals surface area contributed by atoms with Gasteiger partial charge in [0, 0.05) is 25.2 Å². The van der Waals surface area contributed by atoms with Crippen molar-refractivity contribution in [1.82, 2.24) is 9.55 Å². The van der Waals surface area contributed by atoms with Crippen molar-refractivity contribution in [2.45, 2.75) is 18.9 Å². The van der Waals surface area contributed by atoms with E-state index in [1.54, 1.807) is 11.6 Å². The van der Waals surface area contributed by atoms with Gasteiger partial charge in [0.1, 0.15) is 5.82 Å². The zero-order chi connectivity index (χ0) is 18.3. The van der Waals surface area contributed by atoms with Crippen LogP contribution >= 0.6 is 0 Å². The number of aromatic nitrogens is 2. The Kier molecular flexibility index (Phi) is 3.95. The van der Waals surface area contributed by atoms with E-state index in [0.29, 0.717) is 28.7 Å². The molecule has 26 heavy (non-hydrogen) atoms. The summed E-state index contributed by atoms with van der Waals surface area (Å²) in [4.78, 5) is 29.6. The summed E-state index contributed by atoms with van der Waals surface area (Å²) in [7, 11) is 3.13. The molecular formula is C20H19N3O3. The molecule has 2 aromatic carbocycles. The summed E-state index contributed by atoms with van der Waals surface area (Å²) in [5, 5.41) is 3.65. The Morgan fingerprint density at radius 3 is 2.85 bits per heavy atom. The highest BCUT2D eigenvalue weighted by Gasteiger charge is 2.28. The Morgan fingerprint density at radius 2 is 2.08 bits per heavy atom. The smallest absolute Gasteiger partial charge is 0.339 e. The van der Waals surface area contributed by atoms with E-state index >= 15 is 0 Å². The first-order chi connectivity index (χ1) is 12.6. The molecule has 4 rings (SSSR count). The number of rotatable bonds is 3. The van der Waals surface area contributed by atoms with Gasteiger partial charge >= 0.3 is 5.97 Å². The monoisotopic (exact) mass is 349 g/mol. The van der Waals surface area contributed by atoms with Crippen molar-refractivity contribution in [2.24, 2.45) is 0 Å². The van der Waals surface area contributed by atoms with Crippen LogP contribution in [0, 0.1) is 0 Å². The van der Waals surface area contributed by atoms with E-state index in [2.05, 4.69) is 5.32 Å². The lowest BCUT2D eigenvalue weighted by atomic mass is 9.94. The van der Waals surface area contributed by atoms with Crippen molar-refractivity contribution in [3.05, 3.63) is 69.8 Å². The lowest BCUT2D eigenvalue weighted by molar-refractivity contribution is 0.0601. The number of esters is 1. The molecule has 0 fully saturated rings. The van der Waals surface area contributed by atoms with Gasteiger partial charge in [0.25, 0.3) is 5.56 Å². The number of nitrogens with zero attached hydrogens (tertiary/aromatic N) is 2. The normalized spacial score (nSPS) is 15.7. The molecule has 1 aliphatic heterocycles. The number of hydrogen-bond acceptors (Lipinski definition) is 5. The molecule has 0 radical (unpaired) electrons. The summed E-state index contributed by atoms with van der Waals surface area (Å²) in [5.41, 5.74) is 2.85. The highest BCUT2D eigenvalue weighted by Crippen LogP contribution is 2.34. The minimum Gasteiger partial charge on any atom is -0.465 e. The number of fused-ring (bicyclic) bond motifs is 2. The van der Waals surface area contributed by atoms with E-state index in [1.807, 2.05) is 42.5 Å². The van der Waals surface area contributed by atoms with Crippen LogP contribution in [0.5, 0.6) is 0 Å². The summed E-state index contributed by atoms with van der Waals surface area (Å²) < 4.78 is 6.64. The lowest BCUT2D eigenvalue weighted by Gasteiger charge is -2.15. The molecule has 0 aliphatic carbocycles. The Morgan fingerprint density at radius 1 is 1.27 bits per heavy atom. The molecule has 1 atom stereocenters. The number of benzene rings is 2. The predicted molar refractivity (Wildman–Crippen MR) is 99.8 cm³/mol. The highest BCUT2D eigenvalue weighted by atomic mass is 16.5. The van der Waals surface area contributed by atoms with Gasteiger partial charge in [-0.05, 0) is 36.2 Å². The third-order valence-electron chi connectivity index (χ3n) is 4.96. The Balaban J connectivity index is 1.85. The van der Waals surface area contributed by atoms with Gasteiger partial charge in [0.2, 0.25) is 0 Å². The molecular weight excluding hydrogens is 330 g/mol. The van der Waals surface area contributed by atoms with Gasteiger partial charge in [-0.25, -0.2) is 9.78 Å². The van der Waals surface area contributed by atoms with Gasteiger partial charge in [-0.2, -0.15) is 0 Å². The fourth-order valence-electron chi connectivity index (χ4n) is 3.65. The maximum Gasteiger partial charge on any atom is 0.339 e. The number of para-hydroxylation sites is 1. The van der Waals surface area contributed by atoms with E-state index in [4.69, 9.17) is 9.72 Å². The second-order valence-corrected chi connectivity index (χ2v) is 6.33. The number of ether oxygens (including phenoxy) is 1. The summed E-state index contributed by atoms with van der Waals surface area (Å²) in [6, 6.07) is 13.1. The van der Waals surface area contributed by atoms with Gasteiger partial charge in [0.15, 0.2) is 0 Å². The van der Waals surface area contributed by atoms with Gasteiger partial charge in [-0.15, -0.1) is 0 Å². The van der Waals surface area contributed by atoms with Crippen molar-refractivity contribution < 1.29 is 9.53 Å². The average molecular weight is 349 g/mol. The van der Waals surface area contributed by atoms with Gasteiger partial charge < -0.3 is 10.1 Å². The molecule has 2 heterocycles. The molecule has 0 saturated heterocycles. The van der Waals surface area contributed by atoms with Crippen molar-refractivity contribution in [2.75, 3.05) is 19.5 Å². The first-order valence-electron chi connectivity index (χ1n) is 8.53. The maximum absolute atomic E-state index is 12.8. The highest BCUT2D eigenvalue weighted by molar-refractivity contribution is 5.95. The lowest BCUT2D eigenvalue weighted by Crippen LogP contribution is -2.21. The number of nitrogens with one attached hydrogen (secondary N) is 1. The van der Waals surface area contributed by atoms with Crippen LogP contribution < -0.4 is 10.9 Å². The molecule has 1 aromatic heterocycles. The van der Waals surface area contributed by atoms with Crippen LogP contribution in [-0.4, -0.2) is 29.7 Å². The van der Waals surface area contributed by atoms with Crippen molar-refractivity contribution in [1.29, 1.82) is 0 Å². The minimum atomic E-state index is -0.391. The van der Waals surface area contributed by atoms with Gasteiger partial charge in [0.05, 0.1) is 23.6 Å². The van der Waals surface area contributed by atoms with E-state index in [-0.39, 0.29) is 11.5 Å². The van der Waals surface area contributed by atoms with Gasteiger partial charge in [-0.3, -0.25) is 9.36 Å². The predicted octanol–water partition coefficient (Wildman–Crippen LogP) is 2.76. The number of hydrogen-bond donors (Lipinski definition) is 1. The average Bonchev–Trinajstić information content (AvgIpc) is 3.11. The van der Waals surface area contributed by atoms with Crippen LogP contribution in [0.15, 0.2) is 47.3 Å². The number of anilines is 1. The summed E-state index contributed by atoms with van der Waals surface area (Å²) >= 11 is 0. The fourth-order valence-corrected chi connectivity index (χ4v) is 3.65. The molecule has 3 aromatic rings.